The summed E-state index contributed by atoms with van der Waals surface area (Å²) in [6.45, 7) is -0.120. The van der Waals surface area contributed by atoms with Gasteiger partial charge in [0.05, 0.1) is 6.10 Å². The molecule has 0 spiro atoms. The fraction of sp³-hybridized carbons (Fsp3) is 0.750. The lowest BCUT2D eigenvalue weighted by Crippen LogP contribution is -2.40. The van der Waals surface area contributed by atoms with Crippen LogP contribution in [0.2, 0.25) is 0 Å². The number of aliphatic hydroxyl groups excluding tert-OH is 1. The molecule has 0 radical (unpaired) electrons. The van der Waals surface area contributed by atoms with Gasteiger partial charge in [0.15, 0.2) is 0 Å². The second-order valence-corrected chi connectivity index (χ2v) is 3.74. The van der Waals surface area contributed by atoms with Crippen LogP contribution < -0.4 is 0 Å². The van der Waals surface area contributed by atoms with Crippen molar-refractivity contribution < 1.29 is 23.8 Å². The molecule has 4 atom stereocenters. The number of hydrogen-bond acceptors (Lipinski definition) is 4. The molecule has 1 aliphatic heterocycles. The lowest BCUT2D eigenvalue weighted by molar-refractivity contribution is -0.112. The molecule has 0 aromatic heterocycles. The molecule has 6 heteroatoms. The first kappa shape index (κ1) is 11.6. The first-order valence-electron chi connectivity index (χ1n) is 4.22. The van der Waals surface area contributed by atoms with Gasteiger partial charge in [0.25, 0.3) is 0 Å². The molecule has 1 rings (SSSR count). The minimum absolute atomic E-state index is 0.120. The first-order valence-corrected chi connectivity index (χ1v) is 5.35. The summed E-state index contributed by atoms with van der Waals surface area (Å²) in [5.74, 6) is 2.42. The fourth-order valence-corrected chi connectivity index (χ4v) is 1.56. The van der Waals surface area contributed by atoms with Crippen LogP contribution in [0, 0.1) is 12.3 Å². The van der Waals surface area contributed by atoms with Gasteiger partial charge in [-0.05, 0) is 12.8 Å². The van der Waals surface area contributed by atoms with Crippen LogP contribution in [0.4, 0.5) is 0 Å². The van der Waals surface area contributed by atoms with E-state index < -0.39 is 20.5 Å². The Morgan fingerprint density at radius 1 is 1.64 bits per heavy atom. The second-order valence-electron chi connectivity index (χ2n) is 3.01. The molecule has 5 nitrogen and oxygen atoms in total. The van der Waals surface area contributed by atoms with E-state index in [2.05, 4.69) is 10.4 Å². The van der Waals surface area contributed by atoms with Crippen molar-refractivity contribution in [3.8, 4) is 12.3 Å². The molecule has 14 heavy (non-hydrogen) atoms. The molecule has 0 amide bonds. The van der Waals surface area contributed by atoms with Gasteiger partial charge in [0.1, 0.15) is 18.8 Å². The highest BCUT2D eigenvalue weighted by atomic mass is 31.1. The monoisotopic (exact) mass is 219 g/mol. The summed E-state index contributed by atoms with van der Waals surface area (Å²) in [7, 11) is -2.66. The Kier molecular flexibility index (Phi) is 4.46. The topological polar surface area (TPSA) is 76.0 Å². The molecule has 0 bridgehead atoms. The van der Waals surface area contributed by atoms with Crippen LogP contribution in [-0.4, -0.2) is 34.9 Å². The standard InChI is InChI=1S/C8H11O5P/c1-2-6-3-4-7(9)8(13-6)5-12-14(10)11/h1,6-9H,3-5H2/p+1/t6?,7-,8+/m0/s1. The minimum Gasteiger partial charge on any atom is -0.390 e. The molecule has 0 aromatic carbocycles. The highest BCUT2D eigenvalue weighted by Gasteiger charge is 2.31. The highest BCUT2D eigenvalue weighted by molar-refractivity contribution is 7.32. The Morgan fingerprint density at radius 2 is 2.36 bits per heavy atom. The third-order valence-electron chi connectivity index (χ3n) is 2.03. The average molecular weight is 219 g/mol. The van der Waals surface area contributed by atoms with E-state index in [9.17, 15) is 9.67 Å². The quantitative estimate of drug-likeness (QED) is 0.523. The van der Waals surface area contributed by atoms with Gasteiger partial charge in [-0.3, -0.25) is 0 Å². The Labute approximate surface area is 83.0 Å². The van der Waals surface area contributed by atoms with Crippen molar-refractivity contribution in [2.45, 2.75) is 31.2 Å². The molecule has 0 aliphatic carbocycles. The van der Waals surface area contributed by atoms with Gasteiger partial charge >= 0.3 is 8.25 Å². The molecule has 2 unspecified atom stereocenters. The van der Waals surface area contributed by atoms with Crippen molar-refractivity contribution in [2.75, 3.05) is 6.61 Å². The van der Waals surface area contributed by atoms with Gasteiger partial charge in [-0.2, -0.15) is 0 Å². The summed E-state index contributed by atoms with van der Waals surface area (Å²) in [5.41, 5.74) is 0. The predicted molar refractivity (Wildman–Crippen MR) is 48.5 cm³/mol. The largest absolute Gasteiger partial charge is 0.694 e. The Hall–Kier alpha value is -0.500. The third-order valence-corrected chi connectivity index (χ3v) is 2.40. The maximum atomic E-state index is 10.2. The molecular formula is C8H12O5P+. The molecule has 0 saturated carbocycles. The van der Waals surface area contributed by atoms with Gasteiger partial charge in [-0.15, -0.1) is 15.8 Å². The van der Waals surface area contributed by atoms with Crippen LogP contribution in [0.25, 0.3) is 0 Å². The maximum Gasteiger partial charge on any atom is 0.694 e. The second kappa shape index (κ2) is 5.40. The highest BCUT2D eigenvalue weighted by Crippen LogP contribution is 2.23. The average Bonchev–Trinajstić information content (AvgIpc) is 2.16. The number of aliphatic hydroxyl groups is 1. The Morgan fingerprint density at radius 3 is 2.93 bits per heavy atom. The predicted octanol–water partition coefficient (Wildman–Crippen LogP) is 0.194. The van der Waals surface area contributed by atoms with Gasteiger partial charge in [-0.1, -0.05) is 5.92 Å². The van der Waals surface area contributed by atoms with Crippen LogP contribution in [-0.2, 0) is 13.8 Å². The summed E-state index contributed by atoms with van der Waals surface area (Å²) in [5, 5.41) is 9.45. The summed E-state index contributed by atoms with van der Waals surface area (Å²) in [4.78, 5) is 8.40. The number of ether oxygens (including phenoxy) is 1. The summed E-state index contributed by atoms with van der Waals surface area (Å²) < 4.78 is 20.0. The summed E-state index contributed by atoms with van der Waals surface area (Å²) in [6, 6.07) is 0. The molecule has 1 saturated heterocycles. The van der Waals surface area contributed by atoms with Crippen molar-refractivity contribution in [1.29, 1.82) is 0 Å². The number of terminal acetylenes is 1. The maximum absolute atomic E-state index is 10.2. The molecule has 1 fully saturated rings. The molecule has 1 heterocycles. The van der Waals surface area contributed by atoms with E-state index in [4.69, 9.17) is 16.1 Å². The third kappa shape index (κ3) is 3.33. The van der Waals surface area contributed by atoms with Gasteiger partial charge < -0.3 is 9.84 Å². The van der Waals surface area contributed by atoms with Crippen LogP contribution in [0.15, 0.2) is 0 Å². The molecule has 1 aliphatic rings. The van der Waals surface area contributed by atoms with E-state index in [-0.39, 0.29) is 12.7 Å². The van der Waals surface area contributed by atoms with Gasteiger partial charge in [0.2, 0.25) is 0 Å². The smallest absolute Gasteiger partial charge is 0.390 e. The van der Waals surface area contributed by atoms with Crippen molar-refractivity contribution >= 4 is 8.25 Å². The van der Waals surface area contributed by atoms with E-state index >= 15 is 0 Å². The van der Waals surface area contributed by atoms with Crippen LogP contribution in [0.3, 0.4) is 0 Å². The van der Waals surface area contributed by atoms with E-state index in [0.29, 0.717) is 12.8 Å². The number of rotatable bonds is 3. The zero-order chi connectivity index (χ0) is 10.6. The lowest BCUT2D eigenvalue weighted by atomic mass is 10.0. The van der Waals surface area contributed by atoms with E-state index in [0.717, 1.165) is 0 Å². The normalized spacial score (nSPS) is 33.5. The fourth-order valence-electron chi connectivity index (χ4n) is 1.29. The lowest BCUT2D eigenvalue weighted by Gasteiger charge is -2.29. The SMILES string of the molecule is C#CC1CC[C@H](O)[C@@H](CO[P+](=O)O)O1. The van der Waals surface area contributed by atoms with E-state index in [1.54, 1.807) is 0 Å². The minimum atomic E-state index is -2.66. The van der Waals surface area contributed by atoms with Crippen LogP contribution >= 0.6 is 8.25 Å². The zero-order valence-electron chi connectivity index (χ0n) is 7.50. The Balaban J connectivity index is 2.41. The van der Waals surface area contributed by atoms with Crippen molar-refractivity contribution in [3.63, 3.8) is 0 Å². The van der Waals surface area contributed by atoms with Crippen molar-refractivity contribution in [2.24, 2.45) is 0 Å². The summed E-state index contributed by atoms with van der Waals surface area (Å²) in [6.07, 6.45) is 4.63. The van der Waals surface area contributed by atoms with Crippen LogP contribution in [0.5, 0.6) is 0 Å². The molecular weight excluding hydrogens is 207 g/mol. The zero-order valence-corrected chi connectivity index (χ0v) is 8.39. The number of hydrogen-bond donors (Lipinski definition) is 2. The van der Waals surface area contributed by atoms with Crippen molar-refractivity contribution in [3.05, 3.63) is 0 Å². The van der Waals surface area contributed by atoms with Gasteiger partial charge in [0, 0.05) is 4.57 Å². The van der Waals surface area contributed by atoms with E-state index in [1.165, 1.54) is 0 Å². The molecule has 2 N–H and O–H groups in total. The molecule has 0 aromatic rings. The Bertz CT molecular complexity index is 249. The van der Waals surface area contributed by atoms with Crippen molar-refractivity contribution in [1.82, 2.24) is 0 Å². The van der Waals surface area contributed by atoms with E-state index in [1.807, 2.05) is 0 Å². The first-order chi connectivity index (χ1) is 6.63. The van der Waals surface area contributed by atoms with Crippen LogP contribution in [0.1, 0.15) is 12.8 Å². The van der Waals surface area contributed by atoms with Gasteiger partial charge in [-0.25, -0.2) is 0 Å². The molecule has 78 valence electrons. The summed E-state index contributed by atoms with van der Waals surface area (Å²) >= 11 is 0.